The van der Waals surface area contributed by atoms with E-state index < -0.39 is 0 Å². The number of rotatable bonds is 3. The Labute approximate surface area is 134 Å². The molecule has 0 atom stereocenters. The highest BCUT2D eigenvalue weighted by Gasteiger charge is 2.20. The fourth-order valence-corrected chi connectivity index (χ4v) is 3.26. The van der Waals surface area contributed by atoms with Crippen LogP contribution in [-0.2, 0) is 0 Å². The first kappa shape index (κ1) is 13.9. The van der Waals surface area contributed by atoms with E-state index in [2.05, 4.69) is 15.3 Å². The largest absolute Gasteiger partial charge is 0.324 e. The van der Waals surface area contributed by atoms with Crippen molar-refractivity contribution in [3.63, 3.8) is 0 Å². The van der Waals surface area contributed by atoms with E-state index in [1.807, 2.05) is 34.9 Å². The lowest BCUT2D eigenvalue weighted by Crippen LogP contribution is -2.23. The molecule has 1 aromatic carbocycles. The van der Waals surface area contributed by atoms with Gasteiger partial charge in [0.1, 0.15) is 5.65 Å². The van der Waals surface area contributed by atoms with E-state index in [0.29, 0.717) is 5.95 Å². The summed E-state index contributed by atoms with van der Waals surface area (Å²) in [5.74, 6) is 0.515. The predicted molar refractivity (Wildman–Crippen MR) is 91.0 cm³/mol. The van der Waals surface area contributed by atoms with Crippen LogP contribution in [0.15, 0.2) is 53.5 Å². The minimum Gasteiger partial charge on any atom is -0.324 e. The normalized spacial score (nSPS) is 15.1. The molecule has 1 fully saturated rings. The predicted octanol–water partition coefficient (Wildman–Crippen LogP) is 3.65. The quantitative estimate of drug-likeness (QED) is 0.802. The summed E-state index contributed by atoms with van der Waals surface area (Å²) in [6.07, 6.45) is 6.22. The lowest BCUT2D eigenvalue weighted by Gasteiger charge is -2.16. The van der Waals surface area contributed by atoms with Crippen LogP contribution in [-0.4, -0.2) is 14.5 Å². The maximum atomic E-state index is 12.4. The number of nitrogens with one attached hydrogen (secondary N) is 1. The van der Waals surface area contributed by atoms with E-state index >= 15 is 0 Å². The first-order chi connectivity index (χ1) is 11.3. The highest BCUT2D eigenvalue weighted by molar-refractivity contribution is 5.75. The van der Waals surface area contributed by atoms with Crippen molar-refractivity contribution in [3.8, 4) is 0 Å². The smallest absolute Gasteiger partial charge is 0.252 e. The number of aromatic nitrogens is 3. The van der Waals surface area contributed by atoms with Crippen molar-refractivity contribution >= 4 is 22.7 Å². The lowest BCUT2D eigenvalue weighted by atomic mass is 10.2. The zero-order valence-corrected chi connectivity index (χ0v) is 12.8. The third-order valence-corrected chi connectivity index (χ3v) is 4.39. The van der Waals surface area contributed by atoms with Crippen molar-refractivity contribution in [2.24, 2.45) is 0 Å². The van der Waals surface area contributed by atoms with Gasteiger partial charge < -0.3 is 5.32 Å². The van der Waals surface area contributed by atoms with E-state index in [-0.39, 0.29) is 11.6 Å². The molecule has 2 aromatic heterocycles. The maximum absolute atomic E-state index is 12.4. The standard InChI is InChI=1S/C18H18N4O/c23-16-11-10-13-12-19-18(20-14-6-2-1-3-7-14)21-17(13)22(16)15-8-4-5-9-15/h1-3,6-7,10-12,15H,4-5,8-9H2,(H,19,20,21). The fourth-order valence-electron chi connectivity index (χ4n) is 3.26. The van der Waals surface area contributed by atoms with E-state index in [1.165, 1.54) is 12.8 Å². The topological polar surface area (TPSA) is 59.8 Å². The van der Waals surface area contributed by atoms with Crippen molar-refractivity contribution in [1.82, 2.24) is 14.5 Å². The molecule has 0 amide bonds. The molecule has 1 aliphatic rings. The van der Waals surface area contributed by atoms with Crippen LogP contribution in [0.25, 0.3) is 11.0 Å². The summed E-state index contributed by atoms with van der Waals surface area (Å²) in [4.78, 5) is 21.4. The zero-order chi connectivity index (χ0) is 15.6. The molecule has 0 unspecified atom stereocenters. The van der Waals surface area contributed by atoms with Crippen LogP contribution in [0.5, 0.6) is 0 Å². The number of pyridine rings is 1. The minimum atomic E-state index is 0.0220. The van der Waals surface area contributed by atoms with Gasteiger partial charge in [0.05, 0.1) is 0 Å². The summed E-state index contributed by atoms with van der Waals surface area (Å²) in [6.45, 7) is 0. The Morgan fingerprint density at radius 1 is 1.04 bits per heavy atom. The van der Waals surface area contributed by atoms with Gasteiger partial charge in [0.25, 0.3) is 5.56 Å². The van der Waals surface area contributed by atoms with E-state index in [4.69, 9.17) is 0 Å². The monoisotopic (exact) mass is 306 g/mol. The van der Waals surface area contributed by atoms with Gasteiger partial charge in [0.2, 0.25) is 5.95 Å². The molecule has 5 nitrogen and oxygen atoms in total. The molecule has 1 aliphatic carbocycles. The Hall–Kier alpha value is -2.69. The Morgan fingerprint density at radius 3 is 2.61 bits per heavy atom. The number of hydrogen-bond donors (Lipinski definition) is 1. The van der Waals surface area contributed by atoms with Gasteiger partial charge in [-0.05, 0) is 31.0 Å². The number of fused-ring (bicyclic) bond motifs is 1. The molecule has 23 heavy (non-hydrogen) atoms. The molecule has 5 heteroatoms. The third kappa shape index (κ3) is 2.70. The SMILES string of the molecule is O=c1ccc2cnc(Nc3ccccc3)nc2n1C1CCCC1. The number of benzene rings is 1. The highest BCUT2D eigenvalue weighted by atomic mass is 16.1. The molecule has 1 N–H and O–H groups in total. The molecule has 0 aliphatic heterocycles. The number of anilines is 2. The Bertz CT molecular complexity index is 882. The minimum absolute atomic E-state index is 0.0220. The van der Waals surface area contributed by atoms with Gasteiger partial charge in [-0.15, -0.1) is 0 Å². The van der Waals surface area contributed by atoms with Crippen LogP contribution >= 0.6 is 0 Å². The molecule has 0 saturated heterocycles. The van der Waals surface area contributed by atoms with Crippen molar-refractivity contribution < 1.29 is 0 Å². The van der Waals surface area contributed by atoms with E-state index in [9.17, 15) is 4.79 Å². The summed E-state index contributed by atoms with van der Waals surface area (Å²) >= 11 is 0. The van der Waals surface area contributed by atoms with Crippen LogP contribution < -0.4 is 10.9 Å². The molecule has 0 bridgehead atoms. The van der Waals surface area contributed by atoms with Gasteiger partial charge in [0, 0.05) is 29.4 Å². The third-order valence-electron chi connectivity index (χ3n) is 4.39. The molecule has 0 radical (unpaired) electrons. The summed E-state index contributed by atoms with van der Waals surface area (Å²) in [5, 5.41) is 4.09. The number of para-hydroxylation sites is 1. The Balaban J connectivity index is 1.80. The Morgan fingerprint density at radius 2 is 1.83 bits per heavy atom. The summed E-state index contributed by atoms with van der Waals surface area (Å²) < 4.78 is 1.85. The first-order valence-electron chi connectivity index (χ1n) is 8.02. The molecule has 0 spiro atoms. The second-order valence-electron chi connectivity index (χ2n) is 5.94. The molecular weight excluding hydrogens is 288 g/mol. The van der Waals surface area contributed by atoms with Crippen LogP contribution in [0.3, 0.4) is 0 Å². The second kappa shape index (κ2) is 5.83. The van der Waals surface area contributed by atoms with Crippen LogP contribution in [0.1, 0.15) is 31.7 Å². The number of hydrogen-bond acceptors (Lipinski definition) is 4. The molecule has 116 valence electrons. The van der Waals surface area contributed by atoms with Gasteiger partial charge >= 0.3 is 0 Å². The average molecular weight is 306 g/mol. The van der Waals surface area contributed by atoms with Crippen molar-refractivity contribution in [3.05, 3.63) is 59.0 Å². The molecular formula is C18H18N4O. The van der Waals surface area contributed by atoms with E-state index in [1.54, 1.807) is 18.3 Å². The second-order valence-corrected chi connectivity index (χ2v) is 5.94. The summed E-state index contributed by atoms with van der Waals surface area (Å²) in [7, 11) is 0. The molecule has 2 heterocycles. The van der Waals surface area contributed by atoms with Crippen molar-refractivity contribution in [1.29, 1.82) is 0 Å². The summed E-state index contributed by atoms with van der Waals surface area (Å²) in [5.41, 5.74) is 1.67. The van der Waals surface area contributed by atoms with Crippen molar-refractivity contribution in [2.45, 2.75) is 31.7 Å². The zero-order valence-electron chi connectivity index (χ0n) is 12.8. The lowest BCUT2D eigenvalue weighted by molar-refractivity contribution is 0.516. The molecule has 1 saturated carbocycles. The van der Waals surface area contributed by atoms with Gasteiger partial charge in [0.15, 0.2) is 0 Å². The van der Waals surface area contributed by atoms with Crippen LogP contribution in [0, 0.1) is 0 Å². The van der Waals surface area contributed by atoms with Crippen LogP contribution in [0.4, 0.5) is 11.6 Å². The molecule has 3 aromatic rings. The van der Waals surface area contributed by atoms with E-state index in [0.717, 1.165) is 29.6 Å². The van der Waals surface area contributed by atoms with Gasteiger partial charge in [-0.1, -0.05) is 31.0 Å². The molecule has 4 rings (SSSR count). The maximum Gasteiger partial charge on any atom is 0.252 e. The number of nitrogens with zero attached hydrogens (tertiary/aromatic N) is 3. The summed E-state index contributed by atoms with van der Waals surface area (Å²) in [6, 6.07) is 13.5. The Kier molecular flexibility index (Phi) is 3.54. The fraction of sp³-hybridized carbons (Fsp3) is 0.278. The average Bonchev–Trinajstić information content (AvgIpc) is 3.09. The van der Waals surface area contributed by atoms with Gasteiger partial charge in [-0.25, -0.2) is 4.98 Å². The highest BCUT2D eigenvalue weighted by Crippen LogP contribution is 2.30. The van der Waals surface area contributed by atoms with Gasteiger partial charge in [-0.3, -0.25) is 9.36 Å². The first-order valence-corrected chi connectivity index (χ1v) is 8.02. The van der Waals surface area contributed by atoms with Crippen LogP contribution in [0.2, 0.25) is 0 Å². The van der Waals surface area contributed by atoms with Gasteiger partial charge in [-0.2, -0.15) is 4.98 Å². The van der Waals surface area contributed by atoms with Crippen molar-refractivity contribution in [2.75, 3.05) is 5.32 Å².